The summed E-state index contributed by atoms with van der Waals surface area (Å²) in [6.07, 6.45) is 29.0. The second-order valence-electron chi connectivity index (χ2n) is 6.97. The average Bonchev–Trinajstić information content (AvgIpc) is 2.77. The average molecular weight is 424 g/mol. The lowest BCUT2D eigenvalue weighted by Gasteiger charge is -2.05. The molecule has 0 amide bonds. The standard InChI is InChI=1S/C27H37NO3/c1-2-3-4-5-6-7-8-9-10-11-12-13-14-15-16-17-18-19-24-30-27(29)31-26-22-20-25(28)21-23-26/h3-4,6-7,9-10,12-13,15-16,20-23H,2,5,8,11,14,17-19,24,28H2,1H3/b4-3-,7-6-,10-9-,13-12-,16-15-. The number of nitrogen functional groups attached to an aromatic ring is 1. The number of carbonyl (C=O) groups is 1. The van der Waals surface area contributed by atoms with E-state index < -0.39 is 6.16 Å². The number of ether oxygens (including phenoxy) is 2. The number of nitrogens with two attached hydrogens (primary N) is 1. The molecular weight excluding hydrogens is 386 g/mol. The quantitative estimate of drug-likeness (QED) is 0.103. The van der Waals surface area contributed by atoms with Crippen molar-refractivity contribution in [3.63, 3.8) is 0 Å². The number of hydrogen-bond donors (Lipinski definition) is 1. The van der Waals surface area contributed by atoms with Crippen molar-refractivity contribution in [3.05, 3.63) is 85.0 Å². The molecule has 1 aromatic rings. The molecule has 0 aliphatic rings. The van der Waals surface area contributed by atoms with Gasteiger partial charge in [0.1, 0.15) is 5.75 Å². The summed E-state index contributed by atoms with van der Waals surface area (Å²) in [5, 5.41) is 0. The van der Waals surface area contributed by atoms with Crippen LogP contribution in [-0.2, 0) is 4.74 Å². The van der Waals surface area contributed by atoms with E-state index in [4.69, 9.17) is 15.2 Å². The molecule has 4 heteroatoms. The van der Waals surface area contributed by atoms with E-state index in [-0.39, 0.29) is 0 Å². The minimum absolute atomic E-state index is 0.360. The third kappa shape index (κ3) is 16.5. The Hall–Kier alpha value is -3.01. The molecule has 0 spiro atoms. The van der Waals surface area contributed by atoms with Crippen LogP contribution in [0.1, 0.15) is 58.3 Å². The molecular formula is C27H37NO3. The lowest BCUT2D eigenvalue weighted by Crippen LogP contribution is -2.11. The van der Waals surface area contributed by atoms with Crippen LogP contribution in [0.2, 0.25) is 0 Å². The number of benzene rings is 1. The minimum atomic E-state index is -0.681. The molecule has 0 radical (unpaired) electrons. The Bertz CT molecular complexity index is 727. The van der Waals surface area contributed by atoms with Gasteiger partial charge in [-0.2, -0.15) is 0 Å². The monoisotopic (exact) mass is 423 g/mol. The number of rotatable bonds is 15. The molecule has 0 fully saturated rings. The Morgan fingerprint density at radius 2 is 1.29 bits per heavy atom. The lowest BCUT2D eigenvalue weighted by molar-refractivity contribution is 0.0975. The second kappa shape index (κ2) is 19.0. The molecule has 0 saturated carbocycles. The first kappa shape index (κ1) is 26.0. The summed E-state index contributed by atoms with van der Waals surface area (Å²) < 4.78 is 10.1. The van der Waals surface area contributed by atoms with E-state index in [0.29, 0.717) is 18.0 Å². The van der Waals surface area contributed by atoms with Gasteiger partial charge >= 0.3 is 6.16 Å². The Balaban J connectivity index is 1.94. The van der Waals surface area contributed by atoms with Crippen molar-refractivity contribution < 1.29 is 14.3 Å². The summed E-state index contributed by atoms with van der Waals surface area (Å²) in [5.41, 5.74) is 6.20. The maximum absolute atomic E-state index is 11.6. The molecule has 0 aliphatic heterocycles. The highest BCUT2D eigenvalue weighted by Crippen LogP contribution is 2.13. The van der Waals surface area contributed by atoms with Crippen molar-refractivity contribution in [2.45, 2.75) is 58.3 Å². The van der Waals surface area contributed by atoms with E-state index in [9.17, 15) is 4.79 Å². The summed E-state index contributed by atoms with van der Waals surface area (Å²) >= 11 is 0. The van der Waals surface area contributed by atoms with E-state index in [1.807, 2.05) is 0 Å². The summed E-state index contributed by atoms with van der Waals surface area (Å²) in [7, 11) is 0. The zero-order chi connectivity index (χ0) is 22.4. The Labute approximate surface area is 187 Å². The van der Waals surface area contributed by atoms with Gasteiger partial charge in [0.05, 0.1) is 6.61 Å². The molecule has 31 heavy (non-hydrogen) atoms. The molecule has 0 unspecified atom stereocenters. The largest absolute Gasteiger partial charge is 0.513 e. The molecule has 0 saturated heterocycles. The van der Waals surface area contributed by atoms with Crippen molar-refractivity contribution in [1.29, 1.82) is 0 Å². The predicted octanol–water partition coefficient (Wildman–Crippen LogP) is 7.71. The van der Waals surface area contributed by atoms with Gasteiger partial charge in [-0.05, 0) is 75.6 Å². The molecule has 0 atom stereocenters. The lowest BCUT2D eigenvalue weighted by atomic mass is 10.2. The Morgan fingerprint density at radius 3 is 1.84 bits per heavy atom. The van der Waals surface area contributed by atoms with Gasteiger partial charge in [0.2, 0.25) is 0 Å². The van der Waals surface area contributed by atoms with Crippen molar-refractivity contribution in [1.82, 2.24) is 0 Å². The van der Waals surface area contributed by atoms with Crippen molar-refractivity contribution in [2.75, 3.05) is 12.3 Å². The van der Waals surface area contributed by atoms with Gasteiger partial charge in [0.15, 0.2) is 0 Å². The first-order valence-corrected chi connectivity index (χ1v) is 11.2. The zero-order valence-corrected chi connectivity index (χ0v) is 18.7. The topological polar surface area (TPSA) is 61.5 Å². The van der Waals surface area contributed by atoms with E-state index in [2.05, 4.69) is 67.7 Å². The normalized spacial score (nSPS) is 12.2. The van der Waals surface area contributed by atoms with Crippen LogP contribution in [0.25, 0.3) is 0 Å². The third-order valence-electron chi connectivity index (χ3n) is 4.22. The van der Waals surface area contributed by atoms with Crippen LogP contribution in [0.15, 0.2) is 85.0 Å². The number of allylic oxidation sites excluding steroid dienone is 10. The van der Waals surface area contributed by atoms with Crippen LogP contribution in [0.4, 0.5) is 10.5 Å². The molecule has 1 rings (SSSR count). The van der Waals surface area contributed by atoms with E-state index in [1.165, 1.54) is 0 Å². The summed E-state index contributed by atoms with van der Waals surface area (Å²) in [6, 6.07) is 6.62. The fourth-order valence-corrected chi connectivity index (χ4v) is 2.55. The highest BCUT2D eigenvalue weighted by molar-refractivity contribution is 5.64. The smallest absolute Gasteiger partial charge is 0.434 e. The molecule has 1 aromatic carbocycles. The van der Waals surface area contributed by atoms with Crippen LogP contribution in [0.3, 0.4) is 0 Å². The summed E-state index contributed by atoms with van der Waals surface area (Å²) in [5.74, 6) is 0.429. The molecule has 0 aromatic heterocycles. The van der Waals surface area contributed by atoms with E-state index in [1.54, 1.807) is 24.3 Å². The Kier molecular flexibility index (Phi) is 15.9. The van der Waals surface area contributed by atoms with Crippen molar-refractivity contribution >= 4 is 11.8 Å². The first-order valence-electron chi connectivity index (χ1n) is 11.2. The number of unbranched alkanes of at least 4 members (excludes halogenated alkanes) is 2. The Morgan fingerprint density at radius 1 is 0.774 bits per heavy atom. The zero-order valence-electron chi connectivity index (χ0n) is 18.7. The van der Waals surface area contributed by atoms with Gasteiger partial charge in [-0.3, -0.25) is 0 Å². The van der Waals surface area contributed by atoms with Gasteiger partial charge in [-0.25, -0.2) is 4.79 Å². The summed E-state index contributed by atoms with van der Waals surface area (Å²) in [6.45, 7) is 2.51. The number of anilines is 1. The maximum Gasteiger partial charge on any atom is 0.513 e. The molecule has 2 N–H and O–H groups in total. The van der Waals surface area contributed by atoms with E-state index >= 15 is 0 Å². The van der Waals surface area contributed by atoms with Gasteiger partial charge < -0.3 is 15.2 Å². The van der Waals surface area contributed by atoms with Gasteiger partial charge in [-0.1, -0.05) is 67.7 Å². The van der Waals surface area contributed by atoms with Crippen molar-refractivity contribution in [2.24, 2.45) is 0 Å². The van der Waals surface area contributed by atoms with Crippen LogP contribution >= 0.6 is 0 Å². The third-order valence-corrected chi connectivity index (χ3v) is 4.22. The number of hydrogen-bond acceptors (Lipinski definition) is 4. The highest BCUT2D eigenvalue weighted by atomic mass is 16.7. The highest BCUT2D eigenvalue weighted by Gasteiger charge is 2.05. The maximum atomic E-state index is 11.6. The molecule has 4 nitrogen and oxygen atoms in total. The summed E-state index contributed by atoms with van der Waals surface area (Å²) in [4.78, 5) is 11.6. The van der Waals surface area contributed by atoms with E-state index in [0.717, 1.165) is 51.4 Å². The molecule has 0 heterocycles. The second-order valence-corrected chi connectivity index (χ2v) is 6.97. The van der Waals surface area contributed by atoms with Crippen LogP contribution in [-0.4, -0.2) is 12.8 Å². The molecule has 168 valence electrons. The van der Waals surface area contributed by atoms with Crippen LogP contribution in [0, 0.1) is 0 Å². The fourth-order valence-electron chi connectivity index (χ4n) is 2.55. The first-order chi connectivity index (χ1) is 15.2. The minimum Gasteiger partial charge on any atom is -0.434 e. The number of carbonyl (C=O) groups excluding carboxylic acids is 1. The fraction of sp³-hybridized carbons (Fsp3) is 0.370. The molecule has 0 bridgehead atoms. The molecule has 0 aliphatic carbocycles. The van der Waals surface area contributed by atoms with Crippen LogP contribution in [0.5, 0.6) is 5.75 Å². The van der Waals surface area contributed by atoms with Gasteiger partial charge in [0.25, 0.3) is 0 Å². The predicted molar refractivity (Wildman–Crippen MR) is 131 cm³/mol. The SMILES string of the molecule is CC/C=C\C/C=C\C/C=C\C/C=C\C/C=C\CCCCOC(=O)Oc1ccc(N)cc1. The van der Waals surface area contributed by atoms with Gasteiger partial charge in [0, 0.05) is 5.69 Å². The van der Waals surface area contributed by atoms with Crippen LogP contribution < -0.4 is 10.5 Å². The van der Waals surface area contributed by atoms with Gasteiger partial charge in [-0.15, -0.1) is 0 Å². The van der Waals surface area contributed by atoms with Crippen molar-refractivity contribution in [3.8, 4) is 5.75 Å².